The maximum Gasteiger partial charge on any atom is 0.220 e. The van der Waals surface area contributed by atoms with E-state index in [9.17, 15) is 4.79 Å². The number of thiophene rings is 1. The molecule has 4 heteroatoms. The predicted octanol–water partition coefficient (Wildman–Crippen LogP) is 3.50. The Morgan fingerprint density at radius 1 is 1.27 bits per heavy atom. The van der Waals surface area contributed by atoms with Crippen LogP contribution in [0.1, 0.15) is 34.9 Å². The molecular weight excluding hydrogens is 294 g/mol. The summed E-state index contributed by atoms with van der Waals surface area (Å²) >= 11 is 1.75. The van der Waals surface area contributed by atoms with Crippen molar-refractivity contribution in [3.05, 3.63) is 57.8 Å². The zero-order valence-corrected chi connectivity index (χ0v) is 13.4. The molecule has 3 rings (SSSR count). The lowest BCUT2D eigenvalue weighted by atomic mass is 9.97. The minimum absolute atomic E-state index is 0.00815. The Morgan fingerprint density at radius 3 is 3.05 bits per heavy atom. The number of nitrogens with one attached hydrogen (secondary N) is 1. The summed E-state index contributed by atoms with van der Waals surface area (Å²) in [4.78, 5) is 13.3. The molecule has 1 atom stereocenters. The third-order valence-electron chi connectivity index (χ3n) is 3.98. The Hall–Kier alpha value is -1.65. The van der Waals surface area contributed by atoms with E-state index in [2.05, 4.69) is 41.0 Å². The second-order valence-electron chi connectivity index (χ2n) is 5.55. The predicted molar refractivity (Wildman–Crippen MR) is 89.1 cm³/mol. The second kappa shape index (κ2) is 7.56. The number of benzene rings is 1. The lowest BCUT2D eigenvalue weighted by molar-refractivity contribution is -0.121. The standard InChI is InChI=1S/C18H21NO2S/c20-18(9-3-6-15-7-4-12-22-15)19-13-17-16-8-2-1-5-14(16)10-11-21-17/h1-2,4-5,7-8,12,17H,3,6,9-11,13H2,(H,19,20)/t17-/m0/s1. The molecule has 22 heavy (non-hydrogen) atoms. The molecule has 0 bridgehead atoms. The maximum absolute atomic E-state index is 12.0. The molecule has 2 aromatic rings. The SMILES string of the molecule is O=C(CCCc1cccs1)NC[C@@H]1OCCc2ccccc21. The van der Waals surface area contributed by atoms with Crippen molar-refractivity contribution in [3.63, 3.8) is 0 Å². The highest BCUT2D eigenvalue weighted by atomic mass is 32.1. The topological polar surface area (TPSA) is 38.3 Å². The van der Waals surface area contributed by atoms with E-state index in [1.54, 1.807) is 11.3 Å². The number of ether oxygens (including phenoxy) is 1. The average Bonchev–Trinajstić information content (AvgIpc) is 3.06. The van der Waals surface area contributed by atoms with Crippen LogP contribution in [-0.2, 0) is 22.4 Å². The van der Waals surface area contributed by atoms with Gasteiger partial charge in [-0.15, -0.1) is 11.3 Å². The maximum atomic E-state index is 12.0. The van der Waals surface area contributed by atoms with Gasteiger partial charge in [0.05, 0.1) is 6.61 Å². The van der Waals surface area contributed by atoms with Crippen LogP contribution in [0, 0.1) is 0 Å². The first-order valence-corrected chi connectivity index (χ1v) is 8.69. The summed E-state index contributed by atoms with van der Waals surface area (Å²) in [6.45, 7) is 1.30. The van der Waals surface area contributed by atoms with E-state index in [4.69, 9.17) is 4.74 Å². The van der Waals surface area contributed by atoms with Gasteiger partial charge in [-0.25, -0.2) is 0 Å². The number of rotatable bonds is 6. The Morgan fingerprint density at radius 2 is 2.18 bits per heavy atom. The average molecular weight is 315 g/mol. The summed E-state index contributed by atoms with van der Waals surface area (Å²) in [6.07, 6.45) is 3.40. The van der Waals surface area contributed by atoms with E-state index in [-0.39, 0.29) is 12.0 Å². The number of carbonyl (C=O) groups excluding carboxylic acids is 1. The van der Waals surface area contributed by atoms with Crippen LogP contribution in [0.25, 0.3) is 0 Å². The monoisotopic (exact) mass is 315 g/mol. The van der Waals surface area contributed by atoms with Gasteiger partial charge in [0, 0.05) is 17.8 Å². The van der Waals surface area contributed by atoms with Gasteiger partial charge in [-0.3, -0.25) is 4.79 Å². The second-order valence-corrected chi connectivity index (χ2v) is 6.58. The number of aryl methyl sites for hydroxylation is 1. The van der Waals surface area contributed by atoms with Crippen molar-refractivity contribution in [1.82, 2.24) is 5.32 Å². The summed E-state index contributed by atoms with van der Waals surface area (Å²) in [5.41, 5.74) is 2.55. The fourth-order valence-corrected chi connectivity index (χ4v) is 3.57. The van der Waals surface area contributed by atoms with Crippen LogP contribution >= 0.6 is 11.3 Å². The summed E-state index contributed by atoms with van der Waals surface area (Å²) < 4.78 is 5.81. The molecule has 0 saturated carbocycles. The van der Waals surface area contributed by atoms with Gasteiger partial charge in [-0.2, -0.15) is 0 Å². The van der Waals surface area contributed by atoms with Crippen molar-refractivity contribution in [2.45, 2.75) is 31.8 Å². The zero-order valence-electron chi connectivity index (χ0n) is 12.6. The molecule has 1 aliphatic heterocycles. The lowest BCUT2D eigenvalue weighted by Crippen LogP contribution is -2.31. The van der Waals surface area contributed by atoms with Gasteiger partial charge in [0.25, 0.3) is 0 Å². The van der Waals surface area contributed by atoms with Crippen molar-refractivity contribution in [1.29, 1.82) is 0 Å². The molecule has 1 aromatic carbocycles. The summed E-state index contributed by atoms with van der Waals surface area (Å²) in [7, 11) is 0. The van der Waals surface area contributed by atoms with E-state index in [1.165, 1.54) is 16.0 Å². The molecule has 0 unspecified atom stereocenters. The Labute approximate surface area is 135 Å². The molecule has 0 saturated heterocycles. The Bertz CT molecular complexity index is 609. The smallest absolute Gasteiger partial charge is 0.220 e. The lowest BCUT2D eigenvalue weighted by Gasteiger charge is -2.26. The highest BCUT2D eigenvalue weighted by Crippen LogP contribution is 2.26. The van der Waals surface area contributed by atoms with Crippen LogP contribution in [0.4, 0.5) is 0 Å². The van der Waals surface area contributed by atoms with Crippen LogP contribution in [0.3, 0.4) is 0 Å². The van der Waals surface area contributed by atoms with Crippen LogP contribution in [-0.4, -0.2) is 19.1 Å². The largest absolute Gasteiger partial charge is 0.371 e. The van der Waals surface area contributed by atoms with Gasteiger partial charge in [-0.1, -0.05) is 30.3 Å². The molecule has 1 aliphatic rings. The summed E-state index contributed by atoms with van der Waals surface area (Å²) in [5, 5.41) is 5.09. The minimum atomic E-state index is -0.00815. The van der Waals surface area contributed by atoms with Gasteiger partial charge < -0.3 is 10.1 Å². The number of hydrogen-bond acceptors (Lipinski definition) is 3. The van der Waals surface area contributed by atoms with Crippen molar-refractivity contribution < 1.29 is 9.53 Å². The Kier molecular flexibility index (Phi) is 5.24. The first-order chi connectivity index (χ1) is 10.8. The first-order valence-electron chi connectivity index (χ1n) is 7.81. The van der Waals surface area contributed by atoms with Crippen LogP contribution < -0.4 is 5.32 Å². The summed E-state index contributed by atoms with van der Waals surface area (Å²) in [6, 6.07) is 12.5. The van der Waals surface area contributed by atoms with Crippen LogP contribution in [0.15, 0.2) is 41.8 Å². The van der Waals surface area contributed by atoms with E-state index < -0.39 is 0 Å². The van der Waals surface area contributed by atoms with Gasteiger partial charge in [0.1, 0.15) is 6.10 Å². The van der Waals surface area contributed by atoms with E-state index in [0.29, 0.717) is 13.0 Å². The van der Waals surface area contributed by atoms with Gasteiger partial charge in [-0.05, 0) is 41.8 Å². The molecule has 0 spiro atoms. The molecule has 1 amide bonds. The first kappa shape index (κ1) is 15.3. The van der Waals surface area contributed by atoms with Crippen molar-refractivity contribution in [2.75, 3.05) is 13.2 Å². The molecule has 1 N–H and O–H groups in total. The number of fused-ring (bicyclic) bond motifs is 1. The highest BCUT2D eigenvalue weighted by molar-refractivity contribution is 7.09. The number of hydrogen-bond donors (Lipinski definition) is 1. The van der Waals surface area contributed by atoms with E-state index in [0.717, 1.165) is 25.9 Å². The third-order valence-corrected chi connectivity index (χ3v) is 4.92. The normalized spacial score (nSPS) is 17.0. The van der Waals surface area contributed by atoms with Crippen LogP contribution in [0.5, 0.6) is 0 Å². The van der Waals surface area contributed by atoms with E-state index in [1.807, 2.05) is 6.07 Å². The molecule has 3 nitrogen and oxygen atoms in total. The number of amides is 1. The van der Waals surface area contributed by atoms with Crippen molar-refractivity contribution in [3.8, 4) is 0 Å². The fourth-order valence-electron chi connectivity index (χ4n) is 2.82. The zero-order chi connectivity index (χ0) is 15.2. The van der Waals surface area contributed by atoms with Crippen molar-refractivity contribution >= 4 is 17.2 Å². The molecule has 2 heterocycles. The molecule has 1 aromatic heterocycles. The minimum Gasteiger partial charge on any atom is -0.371 e. The van der Waals surface area contributed by atoms with Gasteiger partial charge >= 0.3 is 0 Å². The summed E-state index contributed by atoms with van der Waals surface area (Å²) in [5.74, 6) is 0.114. The molecule has 0 fully saturated rings. The van der Waals surface area contributed by atoms with Gasteiger partial charge in [0.15, 0.2) is 0 Å². The van der Waals surface area contributed by atoms with Crippen molar-refractivity contribution in [2.24, 2.45) is 0 Å². The van der Waals surface area contributed by atoms with E-state index >= 15 is 0 Å². The molecular formula is C18H21NO2S. The molecule has 0 radical (unpaired) electrons. The molecule has 0 aliphatic carbocycles. The quantitative estimate of drug-likeness (QED) is 0.886. The van der Waals surface area contributed by atoms with Crippen LogP contribution in [0.2, 0.25) is 0 Å². The number of carbonyl (C=O) groups is 1. The van der Waals surface area contributed by atoms with Gasteiger partial charge in [0.2, 0.25) is 5.91 Å². The fraction of sp³-hybridized carbons (Fsp3) is 0.389. The highest BCUT2D eigenvalue weighted by Gasteiger charge is 2.20. The molecule has 116 valence electrons. The Balaban J connectivity index is 1.43. The third kappa shape index (κ3) is 3.96.